The summed E-state index contributed by atoms with van der Waals surface area (Å²) in [7, 11) is 0. The van der Waals surface area contributed by atoms with Crippen LogP contribution >= 0.6 is 0 Å². The standard InChI is InChI=1S/C20H22FN3O2/c21-16-5-2-1-4-15(16)11-20(19(25)26)8-3-9-24(12-20)18-10-17(14-6-7-14)22-13-23-18/h1-2,4-5,10,13-14H,3,6-9,11-12H2,(H,25,26)/t20-/m0/s1. The number of rotatable bonds is 5. The first-order valence-corrected chi connectivity index (χ1v) is 9.11. The van der Waals surface area contributed by atoms with E-state index < -0.39 is 11.4 Å². The van der Waals surface area contributed by atoms with Crippen LogP contribution in [0.4, 0.5) is 10.2 Å². The second-order valence-electron chi connectivity index (χ2n) is 7.45. The summed E-state index contributed by atoms with van der Waals surface area (Å²) in [5.41, 5.74) is 0.485. The monoisotopic (exact) mass is 355 g/mol. The van der Waals surface area contributed by atoms with E-state index in [1.807, 2.05) is 11.0 Å². The van der Waals surface area contributed by atoms with E-state index in [0.717, 1.165) is 37.3 Å². The summed E-state index contributed by atoms with van der Waals surface area (Å²) in [5.74, 6) is 0.0789. The Kier molecular flexibility index (Phi) is 4.34. The van der Waals surface area contributed by atoms with Crippen LogP contribution in [0.2, 0.25) is 0 Å². The van der Waals surface area contributed by atoms with Gasteiger partial charge in [-0.1, -0.05) is 18.2 Å². The van der Waals surface area contributed by atoms with E-state index >= 15 is 0 Å². The lowest BCUT2D eigenvalue weighted by molar-refractivity contribution is -0.149. The van der Waals surface area contributed by atoms with Gasteiger partial charge in [0.2, 0.25) is 0 Å². The fourth-order valence-corrected chi connectivity index (χ4v) is 3.86. The van der Waals surface area contributed by atoms with Gasteiger partial charge in [-0.25, -0.2) is 14.4 Å². The summed E-state index contributed by atoms with van der Waals surface area (Å²) >= 11 is 0. The van der Waals surface area contributed by atoms with Gasteiger partial charge in [0, 0.05) is 30.8 Å². The molecule has 2 heterocycles. The van der Waals surface area contributed by atoms with E-state index in [0.29, 0.717) is 24.4 Å². The molecule has 0 unspecified atom stereocenters. The molecular weight excluding hydrogens is 333 g/mol. The number of halogens is 1. The average molecular weight is 355 g/mol. The highest BCUT2D eigenvalue weighted by Gasteiger charge is 2.43. The van der Waals surface area contributed by atoms with Crippen molar-refractivity contribution in [3.63, 3.8) is 0 Å². The van der Waals surface area contributed by atoms with Crippen molar-refractivity contribution >= 4 is 11.8 Å². The molecular formula is C20H22FN3O2. The predicted molar refractivity (Wildman–Crippen MR) is 95.6 cm³/mol. The Balaban J connectivity index is 1.61. The van der Waals surface area contributed by atoms with E-state index in [-0.39, 0.29) is 12.2 Å². The normalized spacial score (nSPS) is 23.0. The summed E-state index contributed by atoms with van der Waals surface area (Å²) in [5, 5.41) is 9.98. The largest absolute Gasteiger partial charge is 0.481 e. The molecule has 5 nitrogen and oxygen atoms in total. The molecule has 136 valence electrons. The van der Waals surface area contributed by atoms with Gasteiger partial charge in [0.05, 0.1) is 5.41 Å². The number of carboxylic acids is 1. The Morgan fingerprint density at radius 1 is 1.31 bits per heavy atom. The third kappa shape index (κ3) is 3.28. The minimum Gasteiger partial charge on any atom is -0.481 e. The second kappa shape index (κ2) is 6.67. The van der Waals surface area contributed by atoms with Gasteiger partial charge in [-0.05, 0) is 43.7 Å². The zero-order valence-electron chi connectivity index (χ0n) is 14.6. The van der Waals surface area contributed by atoms with E-state index in [4.69, 9.17) is 0 Å². The van der Waals surface area contributed by atoms with Gasteiger partial charge in [-0.3, -0.25) is 4.79 Å². The lowest BCUT2D eigenvalue weighted by atomic mass is 9.75. The summed E-state index contributed by atoms with van der Waals surface area (Å²) in [6, 6.07) is 8.42. The van der Waals surface area contributed by atoms with Gasteiger partial charge in [0.15, 0.2) is 0 Å². The number of piperidine rings is 1. The third-order valence-corrected chi connectivity index (χ3v) is 5.51. The molecule has 2 aromatic rings. The molecule has 1 aromatic heterocycles. The van der Waals surface area contributed by atoms with E-state index in [9.17, 15) is 14.3 Å². The third-order valence-electron chi connectivity index (χ3n) is 5.51. The average Bonchev–Trinajstić information content (AvgIpc) is 3.49. The maximum atomic E-state index is 14.1. The molecule has 4 rings (SSSR count). The van der Waals surface area contributed by atoms with Crippen molar-refractivity contribution in [2.45, 2.75) is 38.0 Å². The summed E-state index contributed by atoms with van der Waals surface area (Å²) in [4.78, 5) is 22.9. The molecule has 1 aromatic carbocycles. The minimum atomic E-state index is -1.01. The zero-order valence-corrected chi connectivity index (χ0v) is 14.6. The number of hydrogen-bond acceptors (Lipinski definition) is 4. The van der Waals surface area contributed by atoms with Crippen LogP contribution in [-0.2, 0) is 11.2 Å². The van der Waals surface area contributed by atoms with Crippen LogP contribution in [0.5, 0.6) is 0 Å². The van der Waals surface area contributed by atoms with Gasteiger partial charge in [0.1, 0.15) is 18.0 Å². The zero-order chi connectivity index (χ0) is 18.1. The van der Waals surface area contributed by atoms with E-state index in [2.05, 4.69) is 9.97 Å². The maximum absolute atomic E-state index is 14.1. The predicted octanol–water partition coefficient (Wildman–Crippen LogP) is 3.41. The number of anilines is 1. The minimum absolute atomic E-state index is 0.187. The first-order valence-electron chi connectivity index (χ1n) is 9.11. The van der Waals surface area contributed by atoms with E-state index in [1.54, 1.807) is 24.5 Å². The summed E-state index contributed by atoms with van der Waals surface area (Å²) < 4.78 is 14.1. The number of hydrogen-bond donors (Lipinski definition) is 1. The van der Waals surface area contributed by atoms with Crippen molar-refractivity contribution in [2.75, 3.05) is 18.0 Å². The fraction of sp³-hybridized carbons (Fsp3) is 0.450. The molecule has 2 fully saturated rings. The van der Waals surface area contributed by atoms with Crippen molar-refractivity contribution < 1.29 is 14.3 Å². The van der Waals surface area contributed by atoms with Crippen molar-refractivity contribution in [1.29, 1.82) is 0 Å². The van der Waals surface area contributed by atoms with Crippen LogP contribution in [0, 0.1) is 11.2 Å². The molecule has 1 atom stereocenters. The Labute approximate surface area is 151 Å². The van der Waals surface area contributed by atoms with Crippen LogP contribution in [0.25, 0.3) is 0 Å². The maximum Gasteiger partial charge on any atom is 0.311 e. The molecule has 1 aliphatic carbocycles. The number of aromatic nitrogens is 2. The van der Waals surface area contributed by atoms with Gasteiger partial charge >= 0.3 is 5.97 Å². The molecule has 6 heteroatoms. The molecule has 0 radical (unpaired) electrons. The van der Waals surface area contributed by atoms with Gasteiger partial charge < -0.3 is 10.0 Å². The van der Waals surface area contributed by atoms with Crippen molar-refractivity contribution in [1.82, 2.24) is 9.97 Å². The van der Waals surface area contributed by atoms with Crippen LogP contribution < -0.4 is 4.90 Å². The Morgan fingerprint density at radius 3 is 2.85 bits per heavy atom. The second-order valence-corrected chi connectivity index (χ2v) is 7.45. The van der Waals surface area contributed by atoms with Gasteiger partial charge in [-0.2, -0.15) is 0 Å². The van der Waals surface area contributed by atoms with Crippen LogP contribution in [0.1, 0.15) is 42.9 Å². The first-order chi connectivity index (χ1) is 12.6. The Bertz CT molecular complexity index is 824. The lowest BCUT2D eigenvalue weighted by Gasteiger charge is -2.40. The summed E-state index contributed by atoms with van der Waals surface area (Å²) in [6.07, 6.45) is 5.34. The number of carbonyl (C=O) groups is 1. The highest BCUT2D eigenvalue weighted by molar-refractivity contribution is 5.76. The van der Waals surface area contributed by atoms with Crippen molar-refractivity contribution in [3.05, 3.63) is 53.7 Å². The Morgan fingerprint density at radius 2 is 2.12 bits per heavy atom. The summed E-state index contributed by atoms with van der Waals surface area (Å²) in [6.45, 7) is 1.09. The van der Waals surface area contributed by atoms with Gasteiger partial charge in [-0.15, -0.1) is 0 Å². The molecule has 1 saturated carbocycles. The topological polar surface area (TPSA) is 66.3 Å². The molecule has 1 aliphatic heterocycles. The molecule has 0 bridgehead atoms. The molecule has 1 N–H and O–H groups in total. The van der Waals surface area contributed by atoms with E-state index in [1.165, 1.54) is 6.07 Å². The number of benzene rings is 1. The Hall–Kier alpha value is -2.50. The fourth-order valence-electron chi connectivity index (χ4n) is 3.86. The smallest absolute Gasteiger partial charge is 0.311 e. The van der Waals surface area contributed by atoms with Crippen LogP contribution in [0.15, 0.2) is 36.7 Å². The van der Waals surface area contributed by atoms with Crippen molar-refractivity contribution in [3.8, 4) is 0 Å². The van der Waals surface area contributed by atoms with Crippen molar-refractivity contribution in [2.24, 2.45) is 5.41 Å². The molecule has 0 spiro atoms. The number of aliphatic carboxylic acids is 1. The highest BCUT2D eigenvalue weighted by Crippen LogP contribution is 2.41. The van der Waals surface area contributed by atoms with Gasteiger partial charge in [0.25, 0.3) is 0 Å². The number of carboxylic acid groups (broad SMARTS) is 1. The van der Waals surface area contributed by atoms with Crippen LogP contribution in [-0.4, -0.2) is 34.1 Å². The quantitative estimate of drug-likeness (QED) is 0.890. The highest BCUT2D eigenvalue weighted by atomic mass is 19.1. The first kappa shape index (κ1) is 16.9. The van der Waals surface area contributed by atoms with Crippen LogP contribution in [0.3, 0.4) is 0 Å². The lowest BCUT2D eigenvalue weighted by Crippen LogP contribution is -2.49. The molecule has 26 heavy (non-hydrogen) atoms. The molecule has 0 amide bonds. The number of nitrogens with zero attached hydrogens (tertiary/aromatic N) is 3. The molecule has 2 aliphatic rings. The molecule has 1 saturated heterocycles. The SMILES string of the molecule is O=C(O)[C@]1(Cc2ccccc2F)CCCN(c2cc(C3CC3)ncn2)C1.